The third kappa shape index (κ3) is 4.80. The maximum absolute atomic E-state index is 10.6. The smallest absolute Gasteiger partial charge is 0.306 e. The first-order valence-electron chi connectivity index (χ1n) is 5.60. The van der Waals surface area contributed by atoms with Crippen molar-refractivity contribution in [3.8, 4) is 6.07 Å². The molecule has 6 heteroatoms. The molecule has 0 aliphatic carbocycles. The summed E-state index contributed by atoms with van der Waals surface area (Å²) >= 11 is 0. The summed E-state index contributed by atoms with van der Waals surface area (Å²) in [6, 6.07) is 6.96. The summed E-state index contributed by atoms with van der Waals surface area (Å²) < 4.78 is 5.29. The maximum Gasteiger partial charge on any atom is 0.306 e. The number of aliphatic carboxylic acids is 1. The van der Waals surface area contributed by atoms with Crippen LogP contribution in [0, 0.1) is 11.3 Å². The second-order valence-electron chi connectivity index (χ2n) is 3.58. The summed E-state index contributed by atoms with van der Waals surface area (Å²) in [5.41, 5.74) is 0.311. The van der Waals surface area contributed by atoms with Gasteiger partial charge in [0.1, 0.15) is 17.6 Å². The van der Waals surface area contributed by atoms with Crippen LogP contribution in [0.25, 0.3) is 0 Å². The number of pyridine rings is 1. The standard InChI is InChI=1S/C12H15N3O3/c1-2-18-10(6-12(16)17)8-14-11-5-3-4-9(7-13)15-11/h3-5,10H,2,6,8H2,1H3,(H,14,15)(H,16,17). The zero-order valence-electron chi connectivity index (χ0n) is 10.1. The minimum absolute atomic E-state index is 0.0707. The zero-order chi connectivity index (χ0) is 13.4. The molecule has 0 fully saturated rings. The Balaban J connectivity index is 2.55. The quantitative estimate of drug-likeness (QED) is 0.755. The fourth-order valence-electron chi connectivity index (χ4n) is 1.43. The largest absolute Gasteiger partial charge is 0.481 e. The van der Waals surface area contributed by atoms with Gasteiger partial charge in [0.25, 0.3) is 0 Å². The van der Waals surface area contributed by atoms with Crippen LogP contribution < -0.4 is 5.32 Å². The number of nitrogens with zero attached hydrogens (tertiary/aromatic N) is 2. The maximum atomic E-state index is 10.6. The van der Waals surface area contributed by atoms with E-state index in [9.17, 15) is 4.79 Å². The Kier molecular flexibility index (Phi) is 5.61. The molecule has 1 rings (SSSR count). The van der Waals surface area contributed by atoms with Crippen LogP contribution in [0.4, 0.5) is 5.82 Å². The third-order valence-corrected chi connectivity index (χ3v) is 2.18. The van der Waals surface area contributed by atoms with E-state index >= 15 is 0 Å². The van der Waals surface area contributed by atoms with Crippen molar-refractivity contribution >= 4 is 11.8 Å². The fourth-order valence-corrected chi connectivity index (χ4v) is 1.43. The molecular formula is C12H15N3O3. The molecule has 96 valence electrons. The first-order valence-corrected chi connectivity index (χ1v) is 5.60. The Morgan fingerprint density at radius 1 is 1.67 bits per heavy atom. The van der Waals surface area contributed by atoms with Crippen LogP contribution in [-0.4, -0.2) is 35.3 Å². The summed E-state index contributed by atoms with van der Waals surface area (Å²) in [6.07, 6.45) is -0.487. The number of carbonyl (C=O) groups is 1. The van der Waals surface area contributed by atoms with E-state index in [1.165, 1.54) is 0 Å². The van der Waals surface area contributed by atoms with Crippen molar-refractivity contribution in [2.24, 2.45) is 0 Å². The summed E-state index contributed by atoms with van der Waals surface area (Å²) in [4.78, 5) is 14.7. The van der Waals surface area contributed by atoms with E-state index in [-0.39, 0.29) is 6.42 Å². The van der Waals surface area contributed by atoms with Crippen LogP contribution in [-0.2, 0) is 9.53 Å². The number of hydrogen-bond donors (Lipinski definition) is 2. The van der Waals surface area contributed by atoms with Gasteiger partial charge in [-0.25, -0.2) is 4.98 Å². The van der Waals surface area contributed by atoms with Crippen LogP contribution in [0.2, 0.25) is 0 Å². The lowest BCUT2D eigenvalue weighted by Gasteiger charge is -2.16. The Labute approximate surface area is 105 Å². The van der Waals surface area contributed by atoms with Gasteiger partial charge >= 0.3 is 5.97 Å². The fraction of sp³-hybridized carbons (Fsp3) is 0.417. The minimum Gasteiger partial charge on any atom is -0.481 e. The molecule has 0 aliphatic heterocycles. The van der Waals surface area contributed by atoms with Gasteiger partial charge in [-0.2, -0.15) is 5.26 Å². The van der Waals surface area contributed by atoms with Crippen molar-refractivity contribution in [1.29, 1.82) is 5.26 Å². The highest BCUT2D eigenvalue weighted by Crippen LogP contribution is 2.06. The van der Waals surface area contributed by atoms with Crippen molar-refractivity contribution in [3.63, 3.8) is 0 Å². The van der Waals surface area contributed by atoms with Crippen LogP contribution in [0.3, 0.4) is 0 Å². The van der Waals surface area contributed by atoms with Gasteiger partial charge < -0.3 is 15.2 Å². The number of carboxylic acid groups (broad SMARTS) is 1. The molecule has 0 bridgehead atoms. The van der Waals surface area contributed by atoms with E-state index in [2.05, 4.69) is 10.3 Å². The predicted octanol–water partition coefficient (Wildman–Crippen LogP) is 1.24. The van der Waals surface area contributed by atoms with E-state index in [0.717, 1.165) is 0 Å². The van der Waals surface area contributed by atoms with Crippen LogP contribution in [0.1, 0.15) is 19.0 Å². The lowest BCUT2D eigenvalue weighted by atomic mass is 10.2. The molecule has 0 saturated heterocycles. The number of ether oxygens (including phenoxy) is 1. The molecule has 1 aromatic heterocycles. The third-order valence-electron chi connectivity index (χ3n) is 2.18. The number of carboxylic acids is 1. The highest BCUT2D eigenvalue weighted by atomic mass is 16.5. The molecule has 1 unspecified atom stereocenters. The summed E-state index contributed by atoms with van der Waals surface area (Å²) in [5.74, 6) is -0.377. The number of nitrogens with one attached hydrogen (secondary N) is 1. The summed E-state index contributed by atoms with van der Waals surface area (Å²) in [5, 5.41) is 20.4. The van der Waals surface area contributed by atoms with Gasteiger partial charge in [-0.3, -0.25) is 4.79 Å². The molecular weight excluding hydrogens is 234 g/mol. The predicted molar refractivity (Wildman–Crippen MR) is 65.1 cm³/mol. The van der Waals surface area contributed by atoms with Crippen molar-refractivity contribution in [2.75, 3.05) is 18.5 Å². The Bertz CT molecular complexity index is 442. The summed E-state index contributed by atoms with van der Waals surface area (Å²) in [7, 11) is 0. The lowest BCUT2D eigenvalue weighted by molar-refractivity contribution is -0.139. The number of hydrogen-bond acceptors (Lipinski definition) is 5. The minimum atomic E-state index is -0.908. The number of aromatic nitrogens is 1. The average molecular weight is 249 g/mol. The normalized spacial score (nSPS) is 11.6. The molecule has 0 saturated carbocycles. The number of rotatable bonds is 7. The molecule has 0 radical (unpaired) electrons. The van der Waals surface area contributed by atoms with Gasteiger partial charge in [0.05, 0.1) is 12.5 Å². The van der Waals surface area contributed by atoms with Gasteiger partial charge in [-0.15, -0.1) is 0 Å². The van der Waals surface area contributed by atoms with Crippen LogP contribution in [0.5, 0.6) is 0 Å². The molecule has 1 heterocycles. The Morgan fingerprint density at radius 3 is 3.06 bits per heavy atom. The Hall–Kier alpha value is -2.13. The molecule has 18 heavy (non-hydrogen) atoms. The van der Waals surface area contributed by atoms with E-state index in [1.807, 2.05) is 13.0 Å². The van der Waals surface area contributed by atoms with Gasteiger partial charge in [-0.1, -0.05) is 6.07 Å². The van der Waals surface area contributed by atoms with Crippen molar-refractivity contribution in [3.05, 3.63) is 23.9 Å². The molecule has 1 atom stereocenters. The second-order valence-corrected chi connectivity index (χ2v) is 3.58. The van der Waals surface area contributed by atoms with E-state index in [0.29, 0.717) is 24.7 Å². The molecule has 0 aromatic carbocycles. The van der Waals surface area contributed by atoms with E-state index < -0.39 is 12.1 Å². The summed E-state index contributed by atoms with van der Waals surface area (Å²) in [6.45, 7) is 2.59. The first kappa shape index (κ1) is 13.9. The van der Waals surface area contributed by atoms with Crippen LogP contribution >= 0.6 is 0 Å². The molecule has 0 aliphatic rings. The SMILES string of the molecule is CCOC(CNc1cccc(C#N)n1)CC(=O)O. The molecule has 1 aromatic rings. The van der Waals surface area contributed by atoms with Gasteiger partial charge in [0.15, 0.2) is 0 Å². The van der Waals surface area contributed by atoms with Gasteiger partial charge in [0, 0.05) is 13.2 Å². The van der Waals surface area contributed by atoms with Crippen molar-refractivity contribution < 1.29 is 14.6 Å². The first-order chi connectivity index (χ1) is 8.65. The highest BCUT2D eigenvalue weighted by Gasteiger charge is 2.13. The van der Waals surface area contributed by atoms with Gasteiger partial charge in [-0.05, 0) is 19.1 Å². The molecule has 2 N–H and O–H groups in total. The van der Waals surface area contributed by atoms with Crippen LogP contribution in [0.15, 0.2) is 18.2 Å². The lowest BCUT2D eigenvalue weighted by Crippen LogP contribution is -2.26. The monoisotopic (exact) mass is 249 g/mol. The average Bonchev–Trinajstić information content (AvgIpc) is 2.36. The molecule has 6 nitrogen and oxygen atoms in total. The number of anilines is 1. The number of nitriles is 1. The molecule has 0 spiro atoms. The Morgan fingerprint density at radius 2 is 2.44 bits per heavy atom. The zero-order valence-corrected chi connectivity index (χ0v) is 10.1. The van der Waals surface area contributed by atoms with Gasteiger partial charge in [0.2, 0.25) is 0 Å². The van der Waals surface area contributed by atoms with E-state index in [4.69, 9.17) is 15.1 Å². The topological polar surface area (TPSA) is 95.2 Å². The highest BCUT2D eigenvalue weighted by molar-refractivity contribution is 5.67. The second kappa shape index (κ2) is 7.25. The van der Waals surface area contributed by atoms with E-state index in [1.54, 1.807) is 18.2 Å². The van der Waals surface area contributed by atoms with Crippen molar-refractivity contribution in [1.82, 2.24) is 4.98 Å². The molecule has 0 amide bonds. The van der Waals surface area contributed by atoms with Crippen molar-refractivity contribution in [2.45, 2.75) is 19.4 Å².